The van der Waals surface area contributed by atoms with Gasteiger partial charge in [-0.15, -0.1) is 0 Å². The van der Waals surface area contributed by atoms with E-state index in [4.69, 9.17) is 9.47 Å². The number of allylic oxidation sites excluding steroid dienone is 2. The number of morpholine rings is 1. The third-order valence-corrected chi connectivity index (χ3v) is 3.60. The zero-order chi connectivity index (χ0) is 12.4. The fraction of sp³-hybridized carbons (Fsp3) is 0.467. The molecule has 0 saturated carbocycles. The maximum absolute atomic E-state index is 5.94. The van der Waals surface area contributed by atoms with Crippen molar-refractivity contribution in [2.24, 2.45) is 0 Å². The average Bonchev–Trinajstić information content (AvgIpc) is 2.80. The number of fused-ring (bicyclic) bond motifs is 1. The Balaban J connectivity index is 1.67. The highest BCUT2D eigenvalue weighted by molar-refractivity contribution is 5.73. The van der Waals surface area contributed by atoms with Crippen molar-refractivity contribution in [1.82, 2.24) is 5.32 Å². The number of benzene rings is 1. The van der Waals surface area contributed by atoms with Gasteiger partial charge in [0.2, 0.25) is 0 Å². The average molecular weight is 245 g/mol. The molecule has 1 aliphatic heterocycles. The van der Waals surface area contributed by atoms with E-state index < -0.39 is 0 Å². The van der Waals surface area contributed by atoms with Gasteiger partial charge in [-0.1, -0.05) is 18.2 Å². The highest BCUT2D eigenvalue weighted by Gasteiger charge is 2.18. The second kappa shape index (κ2) is 5.12. The first-order chi connectivity index (χ1) is 8.84. The molecule has 0 radical (unpaired) electrons. The van der Waals surface area contributed by atoms with E-state index in [0.717, 1.165) is 31.9 Å². The Morgan fingerprint density at radius 3 is 3.22 bits per heavy atom. The van der Waals surface area contributed by atoms with Crippen molar-refractivity contribution in [3.8, 4) is 5.75 Å². The molecule has 3 nitrogen and oxygen atoms in total. The maximum atomic E-state index is 5.94. The van der Waals surface area contributed by atoms with E-state index in [1.165, 1.54) is 16.7 Å². The van der Waals surface area contributed by atoms with Gasteiger partial charge in [0, 0.05) is 18.7 Å². The normalized spacial score (nSPS) is 22.5. The van der Waals surface area contributed by atoms with Gasteiger partial charge < -0.3 is 14.8 Å². The predicted molar refractivity (Wildman–Crippen MR) is 71.9 cm³/mol. The zero-order valence-electron chi connectivity index (χ0n) is 10.7. The molecule has 1 atom stereocenters. The summed E-state index contributed by atoms with van der Waals surface area (Å²) in [5.41, 5.74) is 4.00. The van der Waals surface area contributed by atoms with Crippen LogP contribution in [0.2, 0.25) is 0 Å². The van der Waals surface area contributed by atoms with Crippen molar-refractivity contribution < 1.29 is 9.47 Å². The summed E-state index contributed by atoms with van der Waals surface area (Å²) in [7, 11) is 0. The first-order valence-electron chi connectivity index (χ1n) is 6.59. The number of hydrogen-bond acceptors (Lipinski definition) is 3. The fourth-order valence-electron chi connectivity index (χ4n) is 2.56. The summed E-state index contributed by atoms with van der Waals surface area (Å²) >= 11 is 0. The molecule has 0 bridgehead atoms. The van der Waals surface area contributed by atoms with Crippen LogP contribution in [0.5, 0.6) is 5.75 Å². The highest BCUT2D eigenvalue weighted by Crippen LogP contribution is 2.33. The first-order valence-corrected chi connectivity index (χ1v) is 6.59. The van der Waals surface area contributed by atoms with Crippen LogP contribution < -0.4 is 10.1 Å². The molecular weight excluding hydrogens is 226 g/mol. The third-order valence-electron chi connectivity index (χ3n) is 3.60. The smallest absolute Gasteiger partial charge is 0.123 e. The van der Waals surface area contributed by atoms with E-state index in [9.17, 15) is 0 Å². The van der Waals surface area contributed by atoms with Crippen molar-refractivity contribution in [3.05, 3.63) is 35.4 Å². The molecule has 1 aromatic carbocycles. The first kappa shape index (κ1) is 11.8. The summed E-state index contributed by atoms with van der Waals surface area (Å²) in [5.74, 6) is 1.01. The van der Waals surface area contributed by atoms with E-state index in [2.05, 4.69) is 36.5 Å². The quantitative estimate of drug-likeness (QED) is 0.883. The molecule has 1 aliphatic carbocycles. The predicted octanol–water partition coefficient (Wildman–Crippen LogP) is 2.01. The van der Waals surface area contributed by atoms with Crippen LogP contribution in [0.3, 0.4) is 0 Å². The number of hydrogen-bond donors (Lipinski definition) is 1. The highest BCUT2D eigenvalue weighted by atomic mass is 16.5. The molecule has 0 amide bonds. The maximum Gasteiger partial charge on any atom is 0.123 e. The number of rotatable bonds is 3. The minimum Gasteiger partial charge on any atom is -0.491 e. The van der Waals surface area contributed by atoms with Crippen molar-refractivity contribution >= 4 is 5.57 Å². The molecule has 96 valence electrons. The Kier molecular flexibility index (Phi) is 3.35. The molecule has 2 aliphatic rings. The second-order valence-electron chi connectivity index (χ2n) is 4.88. The Morgan fingerprint density at radius 1 is 1.44 bits per heavy atom. The van der Waals surface area contributed by atoms with Gasteiger partial charge >= 0.3 is 0 Å². The van der Waals surface area contributed by atoms with Crippen molar-refractivity contribution in [1.29, 1.82) is 0 Å². The monoisotopic (exact) mass is 245 g/mol. The van der Waals surface area contributed by atoms with Gasteiger partial charge in [-0.3, -0.25) is 0 Å². The molecule has 1 unspecified atom stereocenters. The van der Waals surface area contributed by atoms with E-state index in [1.54, 1.807) is 0 Å². The van der Waals surface area contributed by atoms with Crippen LogP contribution in [0.15, 0.2) is 24.3 Å². The van der Waals surface area contributed by atoms with Gasteiger partial charge in [0.05, 0.1) is 6.61 Å². The molecule has 1 N–H and O–H groups in total. The molecule has 0 spiro atoms. The third kappa shape index (κ3) is 2.28. The van der Waals surface area contributed by atoms with E-state index in [1.807, 2.05) is 0 Å². The van der Waals surface area contributed by atoms with Crippen LogP contribution >= 0.6 is 0 Å². The Hall–Kier alpha value is -1.32. The molecule has 3 heteroatoms. The minimum absolute atomic E-state index is 0.171. The summed E-state index contributed by atoms with van der Waals surface area (Å²) in [6, 6.07) is 6.29. The molecule has 1 fully saturated rings. The SMILES string of the molecule is CC1=CCc2c(OCC3CNCCO3)cccc21. The van der Waals surface area contributed by atoms with Crippen molar-refractivity contribution in [3.63, 3.8) is 0 Å². The lowest BCUT2D eigenvalue weighted by atomic mass is 10.1. The largest absolute Gasteiger partial charge is 0.491 e. The standard InChI is InChI=1S/C15H19NO2/c1-11-5-6-14-13(11)3-2-4-15(14)18-10-12-9-16-7-8-17-12/h2-5,12,16H,6-10H2,1H3. The lowest BCUT2D eigenvalue weighted by Crippen LogP contribution is -2.41. The fourth-order valence-corrected chi connectivity index (χ4v) is 2.56. The van der Waals surface area contributed by atoms with Crippen molar-refractivity contribution in [2.45, 2.75) is 19.4 Å². The Morgan fingerprint density at radius 2 is 2.39 bits per heavy atom. The van der Waals surface area contributed by atoms with E-state index >= 15 is 0 Å². The summed E-state index contributed by atoms with van der Waals surface area (Å²) in [5, 5.41) is 3.32. The molecule has 0 aromatic heterocycles. The molecule has 1 saturated heterocycles. The van der Waals surface area contributed by atoms with Crippen LogP contribution in [-0.4, -0.2) is 32.4 Å². The molecular formula is C15H19NO2. The molecule has 1 aromatic rings. The zero-order valence-corrected chi connectivity index (χ0v) is 10.7. The van der Waals surface area contributed by atoms with Crippen LogP contribution in [0.4, 0.5) is 0 Å². The van der Waals surface area contributed by atoms with Gasteiger partial charge in [0.25, 0.3) is 0 Å². The van der Waals surface area contributed by atoms with Crippen LogP contribution in [0, 0.1) is 0 Å². The Labute approximate surface area is 108 Å². The van der Waals surface area contributed by atoms with Gasteiger partial charge in [0.1, 0.15) is 18.5 Å². The van der Waals surface area contributed by atoms with Gasteiger partial charge in [-0.2, -0.15) is 0 Å². The minimum atomic E-state index is 0.171. The number of nitrogens with one attached hydrogen (secondary N) is 1. The summed E-state index contributed by atoms with van der Waals surface area (Å²) < 4.78 is 11.6. The molecule has 18 heavy (non-hydrogen) atoms. The Bertz CT molecular complexity index is 462. The van der Waals surface area contributed by atoms with Gasteiger partial charge in [0.15, 0.2) is 0 Å². The lowest BCUT2D eigenvalue weighted by molar-refractivity contribution is 0.0000399. The van der Waals surface area contributed by atoms with Crippen molar-refractivity contribution in [2.75, 3.05) is 26.3 Å². The van der Waals surface area contributed by atoms with Crippen LogP contribution in [0.25, 0.3) is 5.57 Å². The summed E-state index contributed by atoms with van der Waals surface area (Å²) in [6.45, 7) is 5.39. The molecule has 3 rings (SSSR count). The van der Waals surface area contributed by atoms with Gasteiger partial charge in [-0.25, -0.2) is 0 Å². The summed E-state index contributed by atoms with van der Waals surface area (Å²) in [6.07, 6.45) is 3.42. The van der Waals surface area contributed by atoms with E-state index in [0.29, 0.717) is 6.61 Å². The van der Waals surface area contributed by atoms with Crippen LogP contribution in [0.1, 0.15) is 18.1 Å². The van der Waals surface area contributed by atoms with E-state index in [-0.39, 0.29) is 6.10 Å². The lowest BCUT2D eigenvalue weighted by Gasteiger charge is -2.24. The van der Waals surface area contributed by atoms with Gasteiger partial charge in [-0.05, 0) is 30.5 Å². The molecule has 1 heterocycles. The number of ether oxygens (including phenoxy) is 2. The summed E-state index contributed by atoms with van der Waals surface area (Å²) in [4.78, 5) is 0. The van der Waals surface area contributed by atoms with Crippen LogP contribution in [-0.2, 0) is 11.2 Å². The topological polar surface area (TPSA) is 30.5 Å². The second-order valence-corrected chi connectivity index (χ2v) is 4.88.